The van der Waals surface area contributed by atoms with E-state index in [2.05, 4.69) is 45.3 Å². The fourth-order valence-corrected chi connectivity index (χ4v) is 3.90. The van der Waals surface area contributed by atoms with Crippen molar-refractivity contribution in [3.8, 4) is 0 Å². The van der Waals surface area contributed by atoms with Crippen molar-refractivity contribution in [2.75, 3.05) is 18.4 Å². The summed E-state index contributed by atoms with van der Waals surface area (Å²) in [6.45, 7) is 8.87. The lowest BCUT2D eigenvalue weighted by Crippen LogP contribution is -2.37. The molecule has 1 fully saturated rings. The number of hydrogen-bond acceptors (Lipinski definition) is 4. The van der Waals surface area contributed by atoms with Gasteiger partial charge >= 0.3 is 0 Å². The van der Waals surface area contributed by atoms with Crippen LogP contribution in [0, 0.1) is 12.8 Å². The number of anilines is 1. The van der Waals surface area contributed by atoms with Crippen molar-refractivity contribution in [2.24, 2.45) is 5.92 Å². The summed E-state index contributed by atoms with van der Waals surface area (Å²) in [5.41, 5.74) is 6.27. The Hall–Kier alpha value is -2.92. The molecule has 0 spiro atoms. The van der Waals surface area contributed by atoms with E-state index in [1.54, 1.807) is 0 Å². The number of aryl methyl sites for hydroxylation is 1. The van der Waals surface area contributed by atoms with Crippen molar-refractivity contribution in [1.82, 2.24) is 15.2 Å². The second-order valence-electron chi connectivity index (χ2n) is 7.61. The monoisotopic (exact) mass is 374 g/mol. The Morgan fingerprint density at radius 1 is 1.29 bits per heavy atom. The number of pyridine rings is 1. The summed E-state index contributed by atoms with van der Waals surface area (Å²) < 4.78 is 0. The second-order valence-corrected chi connectivity index (χ2v) is 7.61. The average Bonchev–Trinajstić information content (AvgIpc) is 2.71. The van der Waals surface area contributed by atoms with Gasteiger partial charge in [0, 0.05) is 48.0 Å². The van der Waals surface area contributed by atoms with Crippen LogP contribution < -0.4 is 10.6 Å². The fourth-order valence-electron chi connectivity index (χ4n) is 3.90. The van der Waals surface area contributed by atoms with Gasteiger partial charge in [-0.2, -0.15) is 0 Å². The molecule has 3 heterocycles. The van der Waals surface area contributed by atoms with Crippen LogP contribution in [0.1, 0.15) is 35.1 Å². The lowest BCUT2D eigenvalue weighted by molar-refractivity contribution is -0.121. The van der Waals surface area contributed by atoms with Crippen LogP contribution in [0.3, 0.4) is 0 Å². The van der Waals surface area contributed by atoms with E-state index in [-0.39, 0.29) is 11.8 Å². The predicted molar refractivity (Wildman–Crippen MR) is 113 cm³/mol. The first-order valence-corrected chi connectivity index (χ1v) is 9.79. The van der Waals surface area contributed by atoms with Crippen LogP contribution in [-0.4, -0.2) is 28.9 Å². The first-order chi connectivity index (χ1) is 13.6. The van der Waals surface area contributed by atoms with Gasteiger partial charge in [0.05, 0.1) is 0 Å². The van der Waals surface area contributed by atoms with Crippen molar-refractivity contribution < 1.29 is 4.79 Å². The molecule has 1 aromatic heterocycles. The highest BCUT2D eigenvalue weighted by Gasteiger charge is 2.25. The molecule has 0 saturated carbocycles. The van der Waals surface area contributed by atoms with Crippen molar-refractivity contribution in [2.45, 2.75) is 26.3 Å². The molecule has 2 aromatic rings. The summed E-state index contributed by atoms with van der Waals surface area (Å²) in [6, 6.07) is 8.23. The number of hydrogen-bond donors (Lipinski definition) is 2. The number of nitrogens with one attached hydrogen (secondary N) is 2. The smallest absolute Gasteiger partial charge is 0.227 e. The predicted octanol–water partition coefficient (Wildman–Crippen LogP) is 3.79. The molecule has 0 aliphatic carbocycles. The molecule has 0 radical (unpaired) electrons. The van der Waals surface area contributed by atoms with Crippen LogP contribution in [0.25, 0.3) is 11.8 Å². The molecule has 1 amide bonds. The lowest BCUT2D eigenvalue weighted by atomic mass is 9.94. The Morgan fingerprint density at radius 2 is 2.04 bits per heavy atom. The topological polar surface area (TPSA) is 57.3 Å². The maximum atomic E-state index is 12.8. The minimum atomic E-state index is 0.0660. The number of carbonyl (C=O) groups is 1. The first kappa shape index (κ1) is 18.4. The molecule has 2 aliphatic heterocycles. The molecule has 0 atom stereocenters. The van der Waals surface area contributed by atoms with Crippen LogP contribution in [0.15, 0.2) is 49.4 Å². The molecule has 5 heteroatoms. The Bertz CT molecular complexity index is 912. The minimum Gasteiger partial charge on any atom is -0.362 e. The Labute approximate surface area is 166 Å². The quantitative estimate of drug-likeness (QED) is 0.855. The van der Waals surface area contributed by atoms with Crippen LogP contribution in [-0.2, 0) is 11.3 Å². The zero-order chi connectivity index (χ0) is 19.5. The van der Waals surface area contributed by atoms with Crippen LogP contribution in [0.5, 0.6) is 0 Å². The number of benzene rings is 1. The Morgan fingerprint density at radius 3 is 2.79 bits per heavy atom. The average molecular weight is 374 g/mol. The zero-order valence-electron chi connectivity index (χ0n) is 16.2. The van der Waals surface area contributed by atoms with E-state index in [0.717, 1.165) is 60.6 Å². The van der Waals surface area contributed by atoms with Crippen molar-refractivity contribution in [3.63, 3.8) is 0 Å². The van der Waals surface area contributed by atoms with Gasteiger partial charge in [0.15, 0.2) is 0 Å². The molecule has 5 nitrogen and oxygen atoms in total. The van der Waals surface area contributed by atoms with Crippen molar-refractivity contribution in [3.05, 3.63) is 71.7 Å². The largest absolute Gasteiger partial charge is 0.362 e. The van der Waals surface area contributed by atoms with Crippen LogP contribution in [0.2, 0.25) is 0 Å². The molecule has 0 bridgehead atoms. The number of likely N-dealkylation sites (tertiary alicyclic amines) is 1. The zero-order valence-corrected chi connectivity index (χ0v) is 16.2. The van der Waals surface area contributed by atoms with E-state index in [9.17, 15) is 4.79 Å². The number of rotatable bonds is 4. The summed E-state index contributed by atoms with van der Waals surface area (Å²) in [5.74, 6) is 0.194. The molecular formula is C23H26N4O. The normalized spacial score (nSPS) is 17.1. The highest BCUT2D eigenvalue weighted by molar-refractivity contribution is 5.94. The van der Waals surface area contributed by atoms with Gasteiger partial charge in [-0.1, -0.05) is 6.58 Å². The van der Waals surface area contributed by atoms with E-state index in [0.29, 0.717) is 0 Å². The van der Waals surface area contributed by atoms with Gasteiger partial charge in [-0.25, -0.2) is 0 Å². The van der Waals surface area contributed by atoms with E-state index in [1.807, 2.05) is 37.7 Å². The van der Waals surface area contributed by atoms with Crippen molar-refractivity contribution in [1.29, 1.82) is 0 Å². The Kier molecular flexibility index (Phi) is 5.26. The third-order valence-corrected chi connectivity index (χ3v) is 5.61. The Balaban J connectivity index is 1.36. The van der Waals surface area contributed by atoms with Crippen molar-refractivity contribution >= 4 is 23.4 Å². The summed E-state index contributed by atoms with van der Waals surface area (Å²) in [5, 5.41) is 6.29. The van der Waals surface area contributed by atoms with Crippen LogP contribution >= 0.6 is 0 Å². The number of nitrogens with zero attached hydrogens (tertiary/aromatic N) is 2. The number of aromatic nitrogens is 1. The molecule has 2 N–H and O–H groups in total. The van der Waals surface area contributed by atoms with E-state index < -0.39 is 0 Å². The highest BCUT2D eigenvalue weighted by Crippen LogP contribution is 2.29. The summed E-state index contributed by atoms with van der Waals surface area (Å²) in [4.78, 5) is 19.3. The van der Waals surface area contributed by atoms with E-state index in [4.69, 9.17) is 0 Å². The maximum absolute atomic E-state index is 12.8. The highest BCUT2D eigenvalue weighted by atomic mass is 16.1. The van der Waals surface area contributed by atoms with E-state index >= 15 is 0 Å². The molecule has 4 rings (SSSR count). The third kappa shape index (κ3) is 3.99. The fraction of sp³-hybridized carbons (Fsp3) is 0.304. The SMILES string of the molecule is C=C1NC=Cc2cc(NC(=O)C3CCN(Cc4ccncc4)CC3)c(C)cc21. The molecule has 144 valence electrons. The molecule has 28 heavy (non-hydrogen) atoms. The molecule has 1 saturated heterocycles. The van der Waals surface area contributed by atoms with E-state index in [1.165, 1.54) is 5.56 Å². The maximum Gasteiger partial charge on any atom is 0.227 e. The van der Waals surface area contributed by atoms with Gasteiger partial charge in [-0.3, -0.25) is 14.7 Å². The first-order valence-electron chi connectivity index (χ1n) is 9.79. The number of piperidine rings is 1. The van der Waals surface area contributed by atoms with Gasteiger partial charge in [0.1, 0.15) is 0 Å². The lowest BCUT2D eigenvalue weighted by Gasteiger charge is -2.31. The molecule has 1 aromatic carbocycles. The van der Waals surface area contributed by atoms with Crippen LogP contribution in [0.4, 0.5) is 5.69 Å². The third-order valence-electron chi connectivity index (χ3n) is 5.61. The summed E-state index contributed by atoms with van der Waals surface area (Å²) in [6.07, 6.45) is 9.33. The standard InChI is InChI=1S/C23H26N4O/c1-16-13-21-17(2)25-10-5-20(21)14-22(16)26-23(28)19-6-11-27(12-7-19)15-18-3-8-24-9-4-18/h3-5,8-10,13-14,19,25H,2,6-7,11-12,15H2,1H3,(H,26,28). The second kappa shape index (κ2) is 7.98. The van der Waals surface area contributed by atoms with Gasteiger partial charge < -0.3 is 10.6 Å². The molecule has 0 unspecified atom stereocenters. The van der Waals surface area contributed by atoms with Gasteiger partial charge in [-0.15, -0.1) is 0 Å². The molecule has 2 aliphatic rings. The summed E-state index contributed by atoms with van der Waals surface area (Å²) in [7, 11) is 0. The summed E-state index contributed by atoms with van der Waals surface area (Å²) >= 11 is 0. The number of amides is 1. The number of carbonyl (C=O) groups excluding carboxylic acids is 1. The van der Waals surface area contributed by atoms with Gasteiger partial charge in [-0.05, 0) is 79.9 Å². The minimum absolute atomic E-state index is 0.0660. The van der Waals surface area contributed by atoms with Gasteiger partial charge in [0.25, 0.3) is 0 Å². The number of fused-ring (bicyclic) bond motifs is 1. The van der Waals surface area contributed by atoms with Gasteiger partial charge in [0.2, 0.25) is 5.91 Å². The molecular weight excluding hydrogens is 348 g/mol.